The summed E-state index contributed by atoms with van der Waals surface area (Å²) in [6.07, 6.45) is 6.63. The summed E-state index contributed by atoms with van der Waals surface area (Å²) in [4.78, 5) is 1.68. The molecule has 0 aliphatic carbocycles. The molecule has 3 aromatic rings. The highest BCUT2D eigenvalue weighted by Gasteiger charge is 2.24. The van der Waals surface area contributed by atoms with Gasteiger partial charge in [-0.1, -0.05) is 50.1 Å². The zero-order valence-corrected chi connectivity index (χ0v) is 23.7. The van der Waals surface area contributed by atoms with Crippen LogP contribution >= 0.6 is 0 Å². The molecule has 0 amide bonds. The number of hydrogen-bond donors (Lipinski definition) is 0. The van der Waals surface area contributed by atoms with Gasteiger partial charge < -0.3 is 13.8 Å². The number of ether oxygens (including phenoxy) is 1. The average Bonchev–Trinajstić information content (AvgIpc) is 2.88. The maximum atomic E-state index is 12.8. The second kappa shape index (κ2) is 11.9. The lowest BCUT2D eigenvalue weighted by Crippen LogP contribution is -2.34. The van der Waals surface area contributed by atoms with Crippen LogP contribution in [0.1, 0.15) is 30.5 Å². The quantitative estimate of drug-likeness (QED) is 0.244. The largest absolute Gasteiger partial charge is 0.497 e. The Bertz CT molecular complexity index is 1490. The normalized spacial score (nSPS) is 12.0. The van der Waals surface area contributed by atoms with Gasteiger partial charge in [0.05, 0.1) is 12.9 Å². The van der Waals surface area contributed by atoms with Crippen molar-refractivity contribution >= 4 is 25.6 Å². The van der Waals surface area contributed by atoms with Crippen molar-refractivity contribution in [3.63, 3.8) is 0 Å². The first-order valence-electron chi connectivity index (χ1n) is 12.0. The van der Waals surface area contributed by atoms with Crippen LogP contribution in [0.3, 0.4) is 0 Å². The molecule has 0 fully saturated rings. The summed E-state index contributed by atoms with van der Waals surface area (Å²) < 4.78 is 59.7. The van der Waals surface area contributed by atoms with Gasteiger partial charge in [-0.05, 0) is 53.6 Å². The van der Waals surface area contributed by atoms with Crippen molar-refractivity contribution in [2.45, 2.75) is 19.3 Å². The van der Waals surface area contributed by atoms with Gasteiger partial charge in [-0.3, -0.25) is 0 Å². The van der Waals surface area contributed by atoms with Gasteiger partial charge in [0.1, 0.15) is 27.1 Å². The molecule has 0 radical (unpaired) electrons. The maximum Gasteiger partial charge on any atom is 0.310 e. The van der Waals surface area contributed by atoms with E-state index in [1.165, 1.54) is 0 Å². The molecule has 0 bridgehead atoms. The van der Waals surface area contributed by atoms with Gasteiger partial charge in [-0.15, -0.1) is 6.42 Å². The van der Waals surface area contributed by atoms with E-state index in [0.717, 1.165) is 23.1 Å². The van der Waals surface area contributed by atoms with E-state index in [1.807, 2.05) is 36.4 Å². The number of terminal acetylenes is 1. The van der Waals surface area contributed by atoms with Crippen molar-refractivity contribution in [1.29, 1.82) is 0 Å². The lowest BCUT2D eigenvalue weighted by molar-refractivity contribution is 0.414. The van der Waals surface area contributed by atoms with E-state index >= 15 is 0 Å². The fourth-order valence-corrected chi connectivity index (χ4v) is 5.43. The molecule has 0 N–H and O–H groups in total. The summed E-state index contributed by atoms with van der Waals surface area (Å²) in [5.74, 6) is 3.05. The number of benzene rings is 3. The summed E-state index contributed by atoms with van der Waals surface area (Å²) in [7, 11) is -5.59. The number of methoxy groups -OCH3 is 1. The van der Waals surface area contributed by atoms with Crippen LogP contribution in [0.5, 0.6) is 11.5 Å². The molecule has 7 nitrogen and oxygen atoms in total. The second-order valence-corrected chi connectivity index (χ2v) is 13.5. The Morgan fingerprint density at radius 1 is 0.842 bits per heavy atom. The van der Waals surface area contributed by atoms with Crippen LogP contribution in [0.2, 0.25) is 0 Å². The van der Waals surface area contributed by atoms with Crippen molar-refractivity contribution in [1.82, 2.24) is 0 Å². The monoisotopic (exact) mass is 555 g/mol. The summed E-state index contributed by atoms with van der Waals surface area (Å²) in [6.45, 7) is 4.33. The first kappa shape index (κ1) is 29.1. The third kappa shape index (κ3) is 8.01. The van der Waals surface area contributed by atoms with E-state index in [2.05, 4.69) is 19.8 Å². The summed E-state index contributed by atoms with van der Waals surface area (Å²) in [5.41, 5.74) is 3.01. The summed E-state index contributed by atoms with van der Waals surface area (Å²) in [5, 5.41) is 0. The summed E-state index contributed by atoms with van der Waals surface area (Å²) in [6, 6.07) is 21.8. The molecule has 0 unspecified atom stereocenters. The van der Waals surface area contributed by atoms with E-state index in [4.69, 9.17) is 15.3 Å². The number of sulfone groups is 1. The van der Waals surface area contributed by atoms with Crippen LogP contribution in [-0.2, 0) is 25.4 Å². The molecule has 0 aliphatic rings. The van der Waals surface area contributed by atoms with E-state index < -0.39 is 20.0 Å². The van der Waals surface area contributed by atoms with Crippen molar-refractivity contribution < 1.29 is 25.8 Å². The van der Waals surface area contributed by atoms with Crippen molar-refractivity contribution in [3.05, 3.63) is 89.5 Å². The minimum absolute atomic E-state index is 0.0362. The lowest BCUT2D eigenvalue weighted by atomic mass is 9.78. The van der Waals surface area contributed by atoms with Crippen molar-refractivity contribution in [3.8, 4) is 23.8 Å². The Morgan fingerprint density at radius 3 is 1.92 bits per heavy atom. The number of hydrogen-bond acceptors (Lipinski definition) is 7. The number of anilines is 1. The van der Waals surface area contributed by atoms with Crippen LogP contribution in [-0.4, -0.2) is 54.8 Å². The standard InChI is InChI=1S/C29H33NO6S2/c1-6-23-8-7-9-26(22-23)30(18-20-37(5,31)32)19-21-38(33,34)36-28-16-12-25(13-17-28)29(2,3)24-10-14-27(35-4)15-11-24/h1,7-17,22H,18-21H2,2-5H3. The Labute approximate surface area is 226 Å². The minimum Gasteiger partial charge on any atom is -0.497 e. The zero-order valence-electron chi connectivity index (χ0n) is 22.0. The number of nitrogens with zero attached hydrogens (tertiary/aromatic N) is 1. The predicted molar refractivity (Wildman–Crippen MR) is 152 cm³/mol. The van der Waals surface area contributed by atoms with E-state index in [-0.39, 0.29) is 35.8 Å². The van der Waals surface area contributed by atoms with E-state index in [0.29, 0.717) is 11.3 Å². The third-order valence-corrected chi connectivity index (χ3v) is 8.39. The van der Waals surface area contributed by atoms with E-state index in [1.54, 1.807) is 48.4 Å². The molecule has 3 aromatic carbocycles. The molecule has 202 valence electrons. The Morgan fingerprint density at radius 2 is 1.39 bits per heavy atom. The van der Waals surface area contributed by atoms with Crippen molar-refractivity contribution in [2.24, 2.45) is 0 Å². The van der Waals surface area contributed by atoms with Gasteiger partial charge in [0.15, 0.2) is 0 Å². The molecule has 0 aromatic heterocycles. The van der Waals surface area contributed by atoms with Gasteiger partial charge in [0.2, 0.25) is 0 Å². The molecule has 0 spiro atoms. The Balaban J connectivity index is 1.71. The third-order valence-electron chi connectivity index (χ3n) is 6.33. The van der Waals surface area contributed by atoms with Gasteiger partial charge in [0, 0.05) is 36.0 Å². The average molecular weight is 556 g/mol. The number of rotatable bonds is 12. The summed E-state index contributed by atoms with van der Waals surface area (Å²) >= 11 is 0. The molecule has 3 rings (SSSR count). The first-order valence-corrected chi connectivity index (χ1v) is 15.6. The van der Waals surface area contributed by atoms with Gasteiger partial charge >= 0.3 is 10.1 Å². The smallest absolute Gasteiger partial charge is 0.310 e. The molecule has 0 aliphatic heterocycles. The van der Waals surface area contributed by atoms with Crippen LogP contribution in [0.25, 0.3) is 0 Å². The molecule has 38 heavy (non-hydrogen) atoms. The second-order valence-electron chi connectivity index (χ2n) is 9.53. The first-order chi connectivity index (χ1) is 17.8. The molecule has 0 saturated heterocycles. The molecular formula is C29H33NO6S2. The SMILES string of the molecule is C#Cc1cccc(N(CCS(C)(=O)=O)CCS(=O)(=O)Oc2ccc(C(C)(C)c3ccc(OC)cc3)cc2)c1. The van der Waals surface area contributed by atoms with Crippen LogP contribution in [0, 0.1) is 12.3 Å². The topological polar surface area (TPSA) is 90.0 Å². The maximum absolute atomic E-state index is 12.8. The fourth-order valence-electron chi connectivity index (χ4n) is 3.95. The predicted octanol–water partition coefficient (Wildman–Crippen LogP) is 4.26. The molecule has 0 saturated carbocycles. The van der Waals surface area contributed by atoms with Crippen LogP contribution in [0.4, 0.5) is 5.69 Å². The molecule has 0 atom stereocenters. The highest BCUT2D eigenvalue weighted by molar-refractivity contribution is 7.90. The van der Waals surface area contributed by atoms with Gasteiger partial charge in [-0.25, -0.2) is 8.42 Å². The zero-order chi connectivity index (χ0) is 28.0. The Hall–Kier alpha value is -3.48. The minimum atomic E-state index is -3.96. The van der Waals surface area contributed by atoms with Crippen molar-refractivity contribution in [2.75, 3.05) is 42.9 Å². The van der Waals surface area contributed by atoms with E-state index in [9.17, 15) is 16.8 Å². The molecule has 0 heterocycles. The van der Waals surface area contributed by atoms with Crippen LogP contribution < -0.4 is 13.8 Å². The molecule has 9 heteroatoms. The lowest BCUT2D eigenvalue weighted by Gasteiger charge is -2.26. The van der Waals surface area contributed by atoms with Crippen LogP contribution in [0.15, 0.2) is 72.8 Å². The van der Waals surface area contributed by atoms with Gasteiger partial charge in [-0.2, -0.15) is 8.42 Å². The highest BCUT2D eigenvalue weighted by Crippen LogP contribution is 2.33. The Kier molecular flexibility index (Phi) is 9.13. The van der Waals surface area contributed by atoms with Gasteiger partial charge in [0.25, 0.3) is 0 Å². The fraction of sp³-hybridized carbons (Fsp3) is 0.310. The highest BCUT2D eigenvalue weighted by atomic mass is 32.2. The molecular weight excluding hydrogens is 522 g/mol.